The van der Waals surface area contributed by atoms with Crippen molar-refractivity contribution in [2.45, 2.75) is 25.2 Å². The summed E-state index contributed by atoms with van der Waals surface area (Å²) in [5.74, 6) is -0.457. The lowest BCUT2D eigenvalue weighted by molar-refractivity contribution is -0.120. The SMILES string of the molecule is O=C(c1ccccc1)c1ccccc1NC(=O)[C@H]1C[C@H](F)CN1Cc1ccccc1. The van der Waals surface area contributed by atoms with E-state index in [0.717, 1.165) is 5.56 Å². The summed E-state index contributed by atoms with van der Waals surface area (Å²) in [6.07, 6.45) is -0.904. The Hall–Kier alpha value is -3.31. The van der Waals surface area contributed by atoms with E-state index in [1.54, 1.807) is 48.5 Å². The molecular formula is C25H23FN2O2. The quantitative estimate of drug-likeness (QED) is 0.619. The first-order valence-electron chi connectivity index (χ1n) is 10.0. The van der Waals surface area contributed by atoms with Crippen molar-refractivity contribution in [1.29, 1.82) is 0 Å². The zero-order valence-corrected chi connectivity index (χ0v) is 16.5. The van der Waals surface area contributed by atoms with Gasteiger partial charge in [0.15, 0.2) is 5.78 Å². The highest BCUT2D eigenvalue weighted by Gasteiger charge is 2.37. The lowest BCUT2D eigenvalue weighted by Gasteiger charge is -2.23. The summed E-state index contributed by atoms with van der Waals surface area (Å²) < 4.78 is 14.2. The number of likely N-dealkylation sites (tertiary alicyclic amines) is 1. The number of hydrogen-bond donors (Lipinski definition) is 1. The van der Waals surface area contributed by atoms with Gasteiger partial charge in [0, 0.05) is 30.6 Å². The van der Waals surface area contributed by atoms with Crippen molar-refractivity contribution in [3.8, 4) is 0 Å². The third kappa shape index (κ3) is 4.47. The van der Waals surface area contributed by atoms with E-state index in [-0.39, 0.29) is 24.7 Å². The Labute approximate surface area is 175 Å². The van der Waals surface area contributed by atoms with Crippen LogP contribution in [0.15, 0.2) is 84.9 Å². The first-order chi connectivity index (χ1) is 14.6. The van der Waals surface area contributed by atoms with Gasteiger partial charge >= 0.3 is 0 Å². The minimum Gasteiger partial charge on any atom is -0.324 e. The molecule has 0 unspecified atom stereocenters. The largest absolute Gasteiger partial charge is 0.324 e. The van der Waals surface area contributed by atoms with E-state index in [9.17, 15) is 14.0 Å². The number of carbonyl (C=O) groups is 2. The lowest BCUT2D eigenvalue weighted by atomic mass is 10.0. The maximum Gasteiger partial charge on any atom is 0.241 e. The number of rotatable bonds is 6. The van der Waals surface area contributed by atoms with Crippen molar-refractivity contribution in [3.63, 3.8) is 0 Å². The van der Waals surface area contributed by atoms with Gasteiger partial charge in [-0.2, -0.15) is 0 Å². The van der Waals surface area contributed by atoms with Crippen LogP contribution >= 0.6 is 0 Å². The molecule has 30 heavy (non-hydrogen) atoms. The van der Waals surface area contributed by atoms with Gasteiger partial charge in [-0.1, -0.05) is 72.8 Å². The van der Waals surface area contributed by atoms with Crippen LogP contribution in [0.3, 0.4) is 0 Å². The second-order valence-corrected chi connectivity index (χ2v) is 7.49. The molecule has 5 heteroatoms. The number of anilines is 1. The molecule has 1 N–H and O–H groups in total. The highest BCUT2D eigenvalue weighted by Crippen LogP contribution is 2.25. The molecule has 3 aromatic rings. The van der Waals surface area contributed by atoms with E-state index in [1.165, 1.54) is 0 Å². The summed E-state index contributed by atoms with van der Waals surface area (Å²) in [5.41, 5.74) is 2.44. The standard InChI is InChI=1S/C25H23FN2O2/c26-20-15-23(28(17-20)16-18-9-3-1-4-10-18)25(30)27-22-14-8-7-13-21(22)24(29)19-11-5-2-6-12-19/h1-14,20,23H,15-17H2,(H,27,30)/t20-,23+/m0/s1. The number of benzene rings is 3. The second-order valence-electron chi connectivity index (χ2n) is 7.49. The molecule has 0 aromatic heterocycles. The lowest BCUT2D eigenvalue weighted by Crippen LogP contribution is -2.39. The fourth-order valence-corrected chi connectivity index (χ4v) is 3.86. The van der Waals surface area contributed by atoms with E-state index in [2.05, 4.69) is 5.32 Å². The Morgan fingerprint density at radius 3 is 2.27 bits per heavy atom. The van der Waals surface area contributed by atoms with Crippen LogP contribution in [0, 0.1) is 0 Å². The Kier molecular flexibility index (Phi) is 6.00. The third-order valence-electron chi connectivity index (χ3n) is 5.35. The molecule has 0 aliphatic carbocycles. The summed E-state index contributed by atoms with van der Waals surface area (Å²) in [5, 5.41) is 2.87. The van der Waals surface area contributed by atoms with E-state index >= 15 is 0 Å². The number of para-hydroxylation sites is 1. The van der Waals surface area contributed by atoms with Crippen molar-refractivity contribution in [3.05, 3.63) is 102 Å². The van der Waals surface area contributed by atoms with Gasteiger partial charge in [0.25, 0.3) is 0 Å². The molecule has 0 spiro atoms. The van der Waals surface area contributed by atoms with Gasteiger partial charge in [0.05, 0.1) is 11.7 Å². The van der Waals surface area contributed by atoms with E-state index in [4.69, 9.17) is 0 Å². The van der Waals surface area contributed by atoms with Crippen molar-refractivity contribution in [1.82, 2.24) is 4.90 Å². The number of nitrogens with zero attached hydrogens (tertiary/aromatic N) is 1. The summed E-state index contributed by atoms with van der Waals surface area (Å²) in [6.45, 7) is 0.724. The Morgan fingerprint density at radius 1 is 0.900 bits per heavy atom. The number of alkyl halides is 1. The maximum absolute atomic E-state index is 14.2. The molecule has 1 aliphatic heterocycles. The molecule has 1 heterocycles. The average molecular weight is 402 g/mol. The van der Waals surface area contributed by atoms with Crippen LogP contribution < -0.4 is 5.32 Å². The summed E-state index contributed by atoms with van der Waals surface area (Å²) >= 11 is 0. The molecule has 0 saturated carbocycles. The molecule has 1 amide bonds. The minimum atomic E-state index is -1.05. The van der Waals surface area contributed by atoms with Crippen LogP contribution in [0.4, 0.5) is 10.1 Å². The highest BCUT2D eigenvalue weighted by atomic mass is 19.1. The van der Waals surface area contributed by atoms with Gasteiger partial charge in [0.1, 0.15) is 6.17 Å². The minimum absolute atomic E-state index is 0.146. The summed E-state index contributed by atoms with van der Waals surface area (Å²) in [4.78, 5) is 27.8. The predicted molar refractivity (Wildman–Crippen MR) is 115 cm³/mol. The first-order valence-corrected chi connectivity index (χ1v) is 10.0. The maximum atomic E-state index is 14.2. The van der Waals surface area contributed by atoms with Crippen LogP contribution in [-0.4, -0.2) is 35.3 Å². The van der Waals surface area contributed by atoms with E-state index < -0.39 is 12.2 Å². The van der Waals surface area contributed by atoms with Gasteiger partial charge in [-0.25, -0.2) is 4.39 Å². The third-order valence-corrected chi connectivity index (χ3v) is 5.35. The van der Waals surface area contributed by atoms with Crippen molar-refractivity contribution >= 4 is 17.4 Å². The number of nitrogens with one attached hydrogen (secondary N) is 1. The molecule has 2 atom stereocenters. The van der Waals surface area contributed by atoms with Crippen LogP contribution in [0.25, 0.3) is 0 Å². The van der Waals surface area contributed by atoms with E-state index in [0.29, 0.717) is 23.4 Å². The fraction of sp³-hybridized carbons (Fsp3) is 0.200. The fourth-order valence-electron chi connectivity index (χ4n) is 3.86. The van der Waals surface area contributed by atoms with Crippen molar-refractivity contribution in [2.24, 2.45) is 0 Å². The van der Waals surface area contributed by atoms with Crippen molar-refractivity contribution in [2.75, 3.05) is 11.9 Å². The number of hydrogen-bond acceptors (Lipinski definition) is 3. The van der Waals surface area contributed by atoms with Crippen LogP contribution in [0.1, 0.15) is 27.9 Å². The van der Waals surface area contributed by atoms with Gasteiger partial charge in [-0.05, 0) is 17.7 Å². The molecule has 1 saturated heterocycles. The Bertz CT molecular complexity index is 1020. The van der Waals surface area contributed by atoms with Crippen molar-refractivity contribution < 1.29 is 14.0 Å². The molecule has 152 valence electrons. The van der Waals surface area contributed by atoms with Gasteiger partial charge in [0.2, 0.25) is 5.91 Å². The van der Waals surface area contributed by atoms with Gasteiger partial charge in [-0.3, -0.25) is 14.5 Å². The normalized spacial score (nSPS) is 18.8. The van der Waals surface area contributed by atoms with Crippen LogP contribution in [-0.2, 0) is 11.3 Å². The number of carbonyl (C=O) groups excluding carboxylic acids is 2. The average Bonchev–Trinajstić information content (AvgIpc) is 3.15. The predicted octanol–water partition coefficient (Wildman–Crippen LogP) is 4.47. The van der Waals surface area contributed by atoms with Gasteiger partial charge in [-0.15, -0.1) is 0 Å². The topological polar surface area (TPSA) is 49.4 Å². The summed E-state index contributed by atoms with van der Waals surface area (Å²) in [6, 6.07) is 25.0. The molecule has 4 nitrogen and oxygen atoms in total. The molecule has 3 aromatic carbocycles. The zero-order chi connectivity index (χ0) is 20.9. The van der Waals surface area contributed by atoms with Crippen LogP contribution in [0.2, 0.25) is 0 Å². The Balaban J connectivity index is 1.53. The van der Waals surface area contributed by atoms with Crippen LogP contribution in [0.5, 0.6) is 0 Å². The van der Waals surface area contributed by atoms with E-state index in [1.807, 2.05) is 41.3 Å². The number of halogens is 1. The Morgan fingerprint density at radius 2 is 1.53 bits per heavy atom. The molecule has 0 bridgehead atoms. The second kappa shape index (κ2) is 9.01. The zero-order valence-electron chi connectivity index (χ0n) is 16.5. The highest BCUT2D eigenvalue weighted by molar-refractivity contribution is 6.14. The smallest absolute Gasteiger partial charge is 0.241 e. The molecule has 1 aliphatic rings. The molecule has 4 rings (SSSR count). The molecular weight excluding hydrogens is 379 g/mol. The first kappa shape index (κ1) is 20.0. The van der Waals surface area contributed by atoms with Gasteiger partial charge < -0.3 is 5.32 Å². The number of amides is 1. The number of ketones is 1. The molecule has 0 radical (unpaired) electrons. The monoisotopic (exact) mass is 402 g/mol. The molecule has 1 fully saturated rings. The summed E-state index contributed by atoms with van der Waals surface area (Å²) in [7, 11) is 0.